The summed E-state index contributed by atoms with van der Waals surface area (Å²) in [5, 5.41) is 0. The van der Waals surface area contributed by atoms with Gasteiger partial charge in [-0.3, -0.25) is 0 Å². The van der Waals surface area contributed by atoms with E-state index in [4.69, 9.17) is 29.2 Å². The van der Waals surface area contributed by atoms with Gasteiger partial charge < -0.3 is 29.2 Å². The van der Waals surface area contributed by atoms with Crippen molar-refractivity contribution in [3.8, 4) is 0 Å². The predicted molar refractivity (Wildman–Crippen MR) is 113 cm³/mol. The Morgan fingerprint density at radius 2 is 1.00 bits per heavy atom. The number of anilines is 2. The molecule has 2 atom stereocenters. The Morgan fingerprint density at radius 3 is 1.19 bits per heavy atom. The molecule has 1 rings (SSSR count). The van der Waals surface area contributed by atoms with E-state index in [0.717, 1.165) is 23.2 Å². The van der Waals surface area contributed by atoms with Crippen molar-refractivity contribution < 1.29 is 17.7 Å². The zero-order chi connectivity index (χ0) is 20.1. The van der Waals surface area contributed by atoms with Crippen LogP contribution in [-0.2, 0) is 17.7 Å². The molecule has 0 aliphatic rings. The maximum Gasteiger partial charge on any atom is 0.344 e. The lowest BCUT2D eigenvalue weighted by atomic mass is 9.98. The van der Waals surface area contributed by atoms with E-state index in [1.54, 1.807) is 28.4 Å². The zero-order valence-corrected chi connectivity index (χ0v) is 19.5. The van der Waals surface area contributed by atoms with Crippen molar-refractivity contribution in [1.29, 1.82) is 0 Å². The van der Waals surface area contributed by atoms with E-state index in [0.29, 0.717) is 11.4 Å². The van der Waals surface area contributed by atoms with E-state index in [-0.39, 0.29) is 11.1 Å². The molecule has 1 aromatic carbocycles. The normalized spacial score (nSPS) is 15.1. The minimum absolute atomic E-state index is 0.0146. The fourth-order valence-electron chi connectivity index (χ4n) is 4.14. The van der Waals surface area contributed by atoms with E-state index < -0.39 is 17.1 Å². The summed E-state index contributed by atoms with van der Waals surface area (Å²) in [6.07, 6.45) is 0. The Labute approximate surface area is 160 Å². The summed E-state index contributed by atoms with van der Waals surface area (Å²) in [6.45, 7) is 8.44. The molecule has 0 aliphatic carbocycles. The van der Waals surface area contributed by atoms with Crippen LogP contribution in [0.5, 0.6) is 0 Å². The largest absolute Gasteiger partial charge is 0.398 e. The molecule has 0 heterocycles. The number of rotatable bonds is 10. The van der Waals surface area contributed by atoms with Gasteiger partial charge in [0, 0.05) is 50.9 Å². The van der Waals surface area contributed by atoms with Crippen LogP contribution in [0.2, 0.25) is 12.1 Å². The molecule has 6 nitrogen and oxygen atoms in total. The lowest BCUT2D eigenvalue weighted by molar-refractivity contribution is 0.230. The van der Waals surface area contributed by atoms with Crippen molar-refractivity contribution in [3.05, 3.63) is 23.3 Å². The Kier molecular flexibility index (Phi) is 8.31. The highest BCUT2D eigenvalue weighted by molar-refractivity contribution is 6.70. The summed E-state index contributed by atoms with van der Waals surface area (Å²) in [5.74, 6) is 0. The first-order chi connectivity index (χ1) is 12.2. The van der Waals surface area contributed by atoms with Crippen LogP contribution in [0, 0.1) is 0 Å². The third-order valence-corrected chi connectivity index (χ3v) is 13.9. The van der Waals surface area contributed by atoms with Crippen LogP contribution in [0.15, 0.2) is 12.1 Å². The second-order valence-electron chi connectivity index (χ2n) is 6.66. The van der Waals surface area contributed by atoms with E-state index in [9.17, 15) is 0 Å². The van der Waals surface area contributed by atoms with Crippen molar-refractivity contribution >= 4 is 28.5 Å². The van der Waals surface area contributed by atoms with Crippen LogP contribution in [0.4, 0.5) is 11.4 Å². The van der Waals surface area contributed by atoms with Crippen molar-refractivity contribution in [2.75, 3.05) is 39.9 Å². The average Bonchev–Trinajstić information content (AvgIpc) is 2.66. The SMILES string of the molecule is CC[Si](OC)(OC)C(C)c1c(N)ccc(N)c1C(C)[Si](CC)(OC)OC. The number of benzene rings is 1. The van der Waals surface area contributed by atoms with Crippen LogP contribution < -0.4 is 11.5 Å². The second kappa shape index (κ2) is 9.34. The molecular formula is C18H36N2O4Si2. The molecule has 8 heteroatoms. The molecule has 2 unspecified atom stereocenters. The predicted octanol–water partition coefficient (Wildman–Crippen LogP) is 3.65. The van der Waals surface area contributed by atoms with Crippen LogP contribution in [0.1, 0.15) is 49.9 Å². The fraction of sp³-hybridized carbons (Fsp3) is 0.667. The average molecular weight is 401 g/mol. The van der Waals surface area contributed by atoms with Gasteiger partial charge in [0.1, 0.15) is 0 Å². The summed E-state index contributed by atoms with van der Waals surface area (Å²) in [7, 11) is 1.91. The Morgan fingerprint density at radius 1 is 0.731 bits per heavy atom. The minimum atomic E-state index is -2.48. The molecule has 0 radical (unpaired) electrons. The molecule has 0 aliphatic heterocycles. The first-order valence-electron chi connectivity index (χ1n) is 9.12. The van der Waals surface area contributed by atoms with Gasteiger partial charge in [0.05, 0.1) is 0 Å². The minimum Gasteiger partial charge on any atom is -0.398 e. The third-order valence-electron chi connectivity index (χ3n) is 5.91. The topological polar surface area (TPSA) is 89.0 Å². The molecule has 0 spiro atoms. The molecule has 26 heavy (non-hydrogen) atoms. The molecule has 0 saturated heterocycles. The van der Waals surface area contributed by atoms with Gasteiger partial charge in [0.2, 0.25) is 0 Å². The van der Waals surface area contributed by atoms with Crippen LogP contribution in [0.3, 0.4) is 0 Å². The summed E-state index contributed by atoms with van der Waals surface area (Å²) in [4.78, 5) is 0. The highest BCUT2D eigenvalue weighted by Gasteiger charge is 2.47. The number of hydrogen-bond donors (Lipinski definition) is 2. The van der Waals surface area contributed by atoms with Crippen molar-refractivity contribution in [3.63, 3.8) is 0 Å². The Hall–Kier alpha value is -0.906. The summed E-state index contributed by atoms with van der Waals surface area (Å²) in [5.41, 5.74) is 16.4. The summed E-state index contributed by atoms with van der Waals surface area (Å²) in [6, 6.07) is 5.36. The van der Waals surface area contributed by atoms with E-state index in [1.807, 2.05) is 12.1 Å². The molecule has 0 amide bonds. The molecule has 0 bridgehead atoms. The van der Waals surface area contributed by atoms with Gasteiger partial charge in [-0.1, -0.05) is 27.7 Å². The fourth-order valence-corrected chi connectivity index (χ4v) is 9.79. The molecule has 150 valence electrons. The number of hydrogen-bond acceptors (Lipinski definition) is 6. The summed E-state index contributed by atoms with van der Waals surface area (Å²) < 4.78 is 23.7. The third kappa shape index (κ3) is 3.85. The zero-order valence-electron chi connectivity index (χ0n) is 17.5. The highest BCUT2D eigenvalue weighted by atomic mass is 28.4. The van der Waals surface area contributed by atoms with Crippen molar-refractivity contribution in [2.45, 2.75) is 50.9 Å². The smallest absolute Gasteiger partial charge is 0.344 e. The van der Waals surface area contributed by atoms with Gasteiger partial charge in [-0.05, 0) is 35.3 Å². The lowest BCUT2D eigenvalue weighted by Gasteiger charge is -2.38. The molecular weight excluding hydrogens is 364 g/mol. The summed E-state index contributed by atoms with van der Waals surface area (Å²) >= 11 is 0. The quantitative estimate of drug-likeness (QED) is 0.460. The first kappa shape index (κ1) is 23.1. The number of nitrogens with two attached hydrogens (primary N) is 2. The molecule has 0 saturated carbocycles. The van der Waals surface area contributed by atoms with Gasteiger partial charge in [-0.15, -0.1) is 0 Å². The van der Waals surface area contributed by atoms with Crippen LogP contribution in [0.25, 0.3) is 0 Å². The van der Waals surface area contributed by atoms with Gasteiger partial charge in [0.15, 0.2) is 0 Å². The number of nitrogen functional groups attached to an aromatic ring is 2. The Bertz CT molecular complexity index is 525. The van der Waals surface area contributed by atoms with Gasteiger partial charge >= 0.3 is 17.1 Å². The molecule has 4 N–H and O–H groups in total. The van der Waals surface area contributed by atoms with Crippen molar-refractivity contribution in [2.24, 2.45) is 0 Å². The monoisotopic (exact) mass is 400 g/mol. The molecule has 1 aromatic rings. The Balaban J connectivity index is 3.69. The standard InChI is InChI=1S/C18H36N2O4Si2/c1-9-25(21-5,22-6)13(3)17-15(19)11-12-16(20)18(17)14(4)26(10-2,23-7)24-8/h11-14H,9-10,19-20H2,1-8H3. The lowest BCUT2D eigenvalue weighted by Crippen LogP contribution is -2.48. The van der Waals surface area contributed by atoms with Crippen LogP contribution in [-0.4, -0.2) is 45.6 Å². The van der Waals surface area contributed by atoms with Gasteiger partial charge in [-0.2, -0.15) is 0 Å². The van der Waals surface area contributed by atoms with Gasteiger partial charge in [0.25, 0.3) is 0 Å². The molecule has 0 aromatic heterocycles. The van der Waals surface area contributed by atoms with E-state index in [1.165, 1.54) is 0 Å². The van der Waals surface area contributed by atoms with Crippen molar-refractivity contribution in [1.82, 2.24) is 0 Å². The van der Waals surface area contributed by atoms with E-state index in [2.05, 4.69) is 27.7 Å². The van der Waals surface area contributed by atoms with Gasteiger partial charge in [-0.25, -0.2) is 0 Å². The maximum atomic E-state index is 6.45. The molecule has 0 fully saturated rings. The second-order valence-corrected chi connectivity index (χ2v) is 14.7. The maximum absolute atomic E-state index is 6.45. The van der Waals surface area contributed by atoms with E-state index >= 15 is 0 Å². The highest BCUT2D eigenvalue weighted by Crippen LogP contribution is 2.44. The van der Waals surface area contributed by atoms with Crippen LogP contribution >= 0.6 is 0 Å². The first-order valence-corrected chi connectivity index (χ1v) is 13.3.